The Morgan fingerprint density at radius 1 is 1.45 bits per heavy atom. The Labute approximate surface area is 122 Å². The Balaban J connectivity index is 1.93. The molecule has 0 radical (unpaired) electrons. The normalized spacial score (nSPS) is 23.9. The molecule has 0 aromatic carbocycles. The third kappa shape index (κ3) is 4.18. The number of nitrogen functional groups attached to an aromatic ring is 1. The Bertz CT molecular complexity index is 415. The van der Waals surface area contributed by atoms with E-state index in [4.69, 9.17) is 10.5 Å². The topological polar surface area (TPSA) is 60.2 Å². The van der Waals surface area contributed by atoms with Crippen LogP contribution >= 0.6 is 0 Å². The van der Waals surface area contributed by atoms with Gasteiger partial charge in [0.25, 0.3) is 0 Å². The number of nitrogens with two attached hydrogens (primary N) is 1. The molecule has 0 unspecified atom stereocenters. The van der Waals surface area contributed by atoms with E-state index in [0.29, 0.717) is 23.8 Å². The van der Waals surface area contributed by atoms with E-state index in [2.05, 4.69) is 37.1 Å². The number of anilines is 1. The SMILES string of the molecule is CC[C@H](C)CO[C@@H]1CNC[C@@H]1Cc1cc(C)cc(N)n1. The number of nitrogens with zero attached hydrogens (tertiary/aromatic N) is 1. The maximum Gasteiger partial charge on any atom is 0.123 e. The van der Waals surface area contributed by atoms with Crippen LogP contribution in [-0.2, 0) is 11.2 Å². The van der Waals surface area contributed by atoms with Gasteiger partial charge in [-0.2, -0.15) is 0 Å². The van der Waals surface area contributed by atoms with Gasteiger partial charge in [0.05, 0.1) is 6.10 Å². The molecule has 3 N–H and O–H groups in total. The third-order valence-electron chi connectivity index (χ3n) is 4.08. The van der Waals surface area contributed by atoms with Crippen LogP contribution in [0.15, 0.2) is 12.1 Å². The lowest BCUT2D eigenvalue weighted by Crippen LogP contribution is -2.26. The molecule has 3 atom stereocenters. The van der Waals surface area contributed by atoms with Crippen molar-refractivity contribution < 1.29 is 4.74 Å². The van der Waals surface area contributed by atoms with Crippen LogP contribution in [0, 0.1) is 18.8 Å². The van der Waals surface area contributed by atoms with Crippen LogP contribution in [0.2, 0.25) is 0 Å². The van der Waals surface area contributed by atoms with Crippen LogP contribution in [0.1, 0.15) is 31.5 Å². The van der Waals surface area contributed by atoms with Gasteiger partial charge in [0.1, 0.15) is 5.82 Å². The van der Waals surface area contributed by atoms with Gasteiger partial charge in [-0.1, -0.05) is 20.3 Å². The maximum absolute atomic E-state index is 6.08. The molecule has 1 saturated heterocycles. The van der Waals surface area contributed by atoms with E-state index in [1.54, 1.807) is 0 Å². The first-order valence-electron chi connectivity index (χ1n) is 7.63. The van der Waals surface area contributed by atoms with Gasteiger partial charge >= 0.3 is 0 Å². The van der Waals surface area contributed by atoms with Crippen LogP contribution < -0.4 is 11.1 Å². The summed E-state index contributed by atoms with van der Waals surface area (Å²) >= 11 is 0. The summed E-state index contributed by atoms with van der Waals surface area (Å²) in [6.45, 7) is 9.30. The zero-order valence-corrected chi connectivity index (χ0v) is 12.9. The summed E-state index contributed by atoms with van der Waals surface area (Å²) in [6.07, 6.45) is 2.40. The van der Waals surface area contributed by atoms with Gasteiger partial charge in [0.2, 0.25) is 0 Å². The zero-order valence-electron chi connectivity index (χ0n) is 12.9. The molecule has 1 aromatic heterocycles. The van der Waals surface area contributed by atoms with Gasteiger partial charge in [-0.25, -0.2) is 4.98 Å². The molecule has 0 saturated carbocycles. The molecular formula is C16H27N3O. The molecular weight excluding hydrogens is 250 g/mol. The van der Waals surface area contributed by atoms with E-state index >= 15 is 0 Å². The first-order chi connectivity index (χ1) is 9.58. The van der Waals surface area contributed by atoms with Gasteiger partial charge in [0.15, 0.2) is 0 Å². The summed E-state index contributed by atoms with van der Waals surface area (Å²) < 4.78 is 6.08. The molecule has 4 nitrogen and oxygen atoms in total. The van der Waals surface area contributed by atoms with E-state index in [9.17, 15) is 0 Å². The van der Waals surface area contributed by atoms with Crippen LogP contribution in [0.3, 0.4) is 0 Å². The molecule has 112 valence electrons. The first kappa shape index (κ1) is 15.3. The Morgan fingerprint density at radius 3 is 2.95 bits per heavy atom. The predicted molar refractivity (Wildman–Crippen MR) is 82.6 cm³/mol. The van der Waals surface area contributed by atoms with Crippen LogP contribution in [0.25, 0.3) is 0 Å². The standard InChI is InChI=1S/C16H27N3O/c1-4-11(2)10-20-15-9-18-8-13(15)7-14-5-12(3)6-16(17)19-14/h5-6,11,13,15,18H,4,7-10H2,1-3H3,(H2,17,19)/t11-,13-,15+/m0/s1. The molecule has 1 aliphatic rings. The smallest absolute Gasteiger partial charge is 0.123 e. The quantitative estimate of drug-likeness (QED) is 0.836. The van der Waals surface area contributed by atoms with E-state index in [1.807, 2.05) is 6.07 Å². The largest absolute Gasteiger partial charge is 0.384 e. The van der Waals surface area contributed by atoms with Gasteiger partial charge < -0.3 is 15.8 Å². The minimum atomic E-state index is 0.299. The van der Waals surface area contributed by atoms with E-state index in [-0.39, 0.29) is 0 Å². The number of aryl methyl sites for hydroxylation is 1. The number of pyridine rings is 1. The fraction of sp³-hybridized carbons (Fsp3) is 0.688. The zero-order chi connectivity index (χ0) is 14.5. The lowest BCUT2D eigenvalue weighted by atomic mass is 9.98. The number of ether oxygens (including phenoxy) is 1. The third-order valence-corrected chi connectivity index (χ3v) is 4.08. The van der Waals surface area contributed by atoms with E-state index in [1.165, 1.54) is 12.0 Å². The highest BCUT2D eigenvalue weighted by atomic mass is 16.5. The Kier molecular flexibility index (Phi) is 5.38. The van der Waals surface area contributed by atoms with Crippen molar-refractivity contribution in [3.63, 3.8) is 0 Å². The second kappa shape index (κ2) is 7.04. The van der Waals surface area contributed by atoms with E-state index < -0.39 is 0 Å². The molecule has 1 fully saturated rings. The fourth-order valence-electron chi connectivity index (χ4n) is 2.65. The highest BCUT2D eigenvalue weighted by Crippen LogP contribution is 2.20. The molecule has 20 heavy (non-hydrogen) atoms. The minimum absolute atomic E-state index is 0.299. The van der Waals surface area contributed by atoms with Gasteiger partial charge in [-0.05, 0) is 37.0 Å². The number of hydrogen-bond donors (Lipinski definition) is 2. The van der Waals surface area contributed by atoms with Crippen molar-refractivity contribution in [1.82, 2.24) is 10.3 Å². The van der Waals surface area contributed by atoms with Crippen LogP contribution in [0.4, 0.5) is 5.82 Å². The number of nitrogens with one attached hydrogen (secondary N) is 1. The number of hydrogen-bond acceptors (Lipinski definition) is 4. The van der Waals surface area contributed by atoms with Crippen molar-refractivity contribution in [3.05, 3.63) is 23.4 Å². The van der Waals surface area contributed by atoms with Crippen molar-refractivity contribution in [2.75, 3.05) is 25.4 Å². The second-order valence-corrected chi connectivity index (χ2v) is 6.07. The highest BCUT2D eigenvalue weighted by Gasteiger charge is 2.28. The van der Waals surface area contributed by atoms with Gasteiger partial charge in [-0.15, -0.1) is 0 Å². The van der Waals surface area contributed by atoms with Gasteiger partial charge in [0, 0.05) is 31.3 Å². The van der Waals surface area contributed by atoms with E-state index in [0.717, 1.165) is 31.8 Å². The summed E-state index contributed by atoms with van der Waals surface area (Å²) in [6, 6.07) is 4.04. The van der Waals surface area contributed by atoms with Crippen molar-refractivity contribution in [1.29, 1.82) is 0 Å². The lowest BCUT2D eigenvalue weighted by Gasteiger charge is -2.21. The number of rotatable bonds is 6. The fourth-order valence-corrected chi connectivity index (χ4v) is 2.65. The molecule has 1 aliphatic heterocycles. The molecule has 0 spiro atoms. The summed E-state index contributed by atoms with van der Waals surface area (Å²) in [4.78, 5) is 4.44. The van der Waals surface area contributed by atoms with Crippen molar-refractivity contribution >= 4 is 5.82 Å². The van der Waals surface area contributed by atoms with Crippen LogP contribution in [-0.4, -0.2) is 30.8 Å². The predicted octanol–water partition coefficient (Wildman–Crippen LogP) is 2.17. The van der Waals surface area contributed by atoms with Crippen molar-refractivity contribution in [2.24, 2.45) is 11.8 Å². The number of aromatic nitrogens is 1. The van der Waals surface area contributed by atoms with Crippen molar-refractivity contribution in [3.8, 4) is 0 Å². The molecule has 0 aliphatic carbocycles. The highest BCUT2D eigenvalue weighted by molar-refractivity contribution is 5.34. The Hall–Kier alpha value is -1.13. The minimum Gasteiger partial charge on any atom is -0.384 e. The lowest BCUT2D eigenvalue weighted by molar-refractivity contribution is 0.0183. The average molecular weight is 277 g/mol. The second-order valence-electron chi connectivity index (χ2n) is 6.07. The monoisotopic (exact) mass is 277 g/mol. The van der Waals surface area contributed by atoms with Gasteiger partial charge in [-0.3, -0.25) is 0 Å². The van der Waals surface area contributed by atoms with Crippen molar-refractivity contribution in [2.45, 2.75) is 39.7 Å². The molecule has 4 heteroatoms. The molecule has 1 aromatic rings. The summed E-state index contributed by atoms with van der Waals surface area (Å²) in [7, 11) is 0. The molecule has 0 bridgehead atoms. The summed E-state index contributed by atoms with van der Waals surface area (Å²) in [5.41, 5.74) is 8.08. The summed E-state index contributed by atoms with van der Waals surface area (Å²) in [5, 5.41) is 3.43. The summed E-state index contributed by atoms with van der Waals surface area (Å²) in [5.74, 6) is 1.74. The molecule has 2 rings (SSSR count). The Morgan fingerprint density at radius 2 is 2.25 bits per heavy atom. The van der Waals surface area contributed by atoms with Crippen LogP contribution in [0.5, 0.6) is 0 Å². The average Bonchev–Trinajstić information content (AvgIpc) is 2.82. The first-order valence-corrected chi connectivity index (χ1v) is 7.63. The maximum atomic E-state index is 6.08. The molecule has 2 heterocycles. The molecule has 0 amide bonds.